The zero-order valence-electron chi connectivity index (χ0n) is 19.0. The largest absolute Gasteiger partial charge is 0.492 e. The van der Waals surface area contributed by atoms with Crippen LogP contribution < -0.4 is 15.4 Å². The third-order valence-electron chi connectivity index (χ3n) is 4.37. The lowest BCUT2D eigenvalue weighted by Gasteiger charge is -2.21. The Kier molecular flexibility index (Phi) is 16.1. The van der Waals surface area contributed by atoms with Crippen molar-refractivity contribution in [3.63, 3.8) is 0 Å². The van der Waals surface area contributed by atoms with Crippen molar-refractivity contribution in [3.05, 3.63) is 29.8 Å². The number of hydrogen-bond donors (Lipinski definition) is 2. The van der Waals surface area contributed by atoms with Crippen LogP contribution in [-0.2, 0) is 11.3 Å². The Labute approximate surface area is 194 Å². The molecule has 0 spiro atoms. The first-order valence-electron chi connectivity index (χ1n) is 10.5. The molecule has 0 aromatic heterocycles. The second-order valence-electron chi connectivity index (χ2n) is 7.41. The van der Waals surface area contributed by atoms with Crippen LogP contribution in [0.2, 0.25) is 0 Å². The first kappa shape index (κ1) is 27.9. The Morgan fingerprint density at radius 2 is 1.86 bits per heavy atom. The molecule has 7 heteroatoms. The van der Waals surface area contributed by atoms with E-state index in [2.05, 4.69) is 42.4 Å². The molecular weight excluding hydrogens is 479 g/mol. The third kappa shape index (κ3) is 12.3. The van der Waals surface area contributed by atoms with E-state index < -0.39 is 0 Å². The number of aliphatic imine (C=N–C) groups is 1. The van der Waals surface area contributed by atoms with E-state index in [1.165, 1.54) is 0 Å². The maximum absolute atomic E-state index is 5.94. The lowest BCUT2D eigenvalue weighted by molar-refractivity contribution is 0.0258. The minimum Gasteiger partial charge on any atom is -0.492 e. The van der Waals surface area contributed by atoms with Gasteiger partial charge in [-0.05, 0) is 46.3 Å². The average molecular weight is 521 g/mol. The molecule has 0 fully saturated rings. The molecule has 0 saturated carbocycles. The SMILES string of the molecule is CCNC(=NCc1ccccc1OCCN(C)C)NCCC(OCC)C(C)C.I. The quantitative estimate of drug-likeness (QED) is 0.236. The molecule has 0 aliphatic heterocycles. The van der Waals surface area contributed by atoms with Gasteiger partial charge in [-0.1, -0.05) is 32.0 Å². The number of halogens is 1. The molecule has 6 nitrogen and oxygen atoms in total. The molecule has 1 aromatic carbocycles. The molecule has 1 aromatic rings. The fraction of sp³-hybridized carbons (Fsp3) is 0.682. The zero-order valence-corrected chi connectivity index (χ0v) is 21.4. The van der Waals surface area contributed by atoms with Crippen molar-refractivity contribution < 1.29 is 9.47 Å². The normalized spacial score (nSPS) is 12.6. The number of nitrogens with zero attached hydrogens (tertiary/aromatic N) is 2. The summed E-state index contributed by atoms with van der Waals surface area (Å²) in [6.07, 6.45) is 1.23. The van der Waals surface area contributed by atoms with Crippen molar-refractivity contribution in [1.29, 1.82) is 0 Å². The smallest absolute Gasteiger partial charge is 0.191 e. The molecule has 0 radical (unpaired) electrons. The summed E-state index contributed by atoms with van der Waals surface area (Å²) in [5.74, 6) is 2.23. The summed E-state index contributed by atoms with van der Waals surface area (Å²) in [7, 11) is 4.09. The molecule has 168 valence electrons. The van der Waals surface area contributed by atoms with Gasteiger partial charge in [0, 0.05) is 31.8 Å². The average Bonchev–Trinajstić information content (AvgIpc) is 2.65. The van der Waals surface area contributed by atoms with E-state index in [0.717, 1.165) is 49.9 Å². The molecule has 0 aliphatic rings. The number of ether oxygens (including phenoxy) is 2. The van der Waals surface area contributed by atoms with Gasteiger partial charge in [-0.2, -0.15) is 0 Å². The fourth-order valence-electron chi connectivity index (χ4n) is 2.78. The number of likely N-dealkylation sites (N-methyl/N-ethyl adjacent to an activating group) is 1. The molecular formula is C22H41IN4O2. The van der Waals surface area contributed by atoms with Gasteiger partial charge in [0.05, 0.1) is 12.6 Å². The van der Waals surface area contributed by atoms with Crippen LogP contribution in [0.1, 0.15) is 39.7 Å². The van der Waals surface area contributed by atoms with Crippen LogP contribution in [0, 0.1) is 5.92 Å². The Bertz CT molecular complexity index is 567. The Hall–Kier alpha value is -1.06. The van der Waals surface area contributed by atoms with Crippen LogP contribution in [0.3, 0.4) is 0 Å². The molecule has 29 heavy (non-hydrogen) atoms. The molecule has 2 N–H and O–H groups in total. The molecule has 0 aliphatic carbocycles. The van der Waals surface area contributed by atoms with E-state index in [1.54, 1.807) is 0 Å². The molecule has 0 heterocycles. The number of guanidine groups is 1. The second kappa shape index (κ2) is 16.7. The first-order valence-corrected chi connectivity index (χ1v) is 10.5. The minimum absolute atomic E-state index is 0. The highest BCUT2D eigenvalue weighted by Crippen LogP contribution is 2.18. The van der Waals surface area contributed by atoms with Crippen LogP contribution in [-0.4, -0.2) is 63.9 Å². The summed E-state index contributed by atoms with van der Waals surface area (Å²) in [5, 5.41) is 6.74. The molecule has 0 amide bonds. The molecule has 0 bridgehead atoms. The predicted octanol–water partition coefficient (Wildman–Crippen LogP) is 3.75. The lowest BCUT2D eigenvalue weighted by atomic mass is 10.0. The monoisotopic (exact) mass is 520 g/mol. The van der Waals surface area contributed by atoms with Gasteiger partial charge in [-0.25, -0.2) is 4.99 Å². The van der Waals surface area contributed by atoms with E-state index in [4.69, 9.17) is 14.5 Å². The van der Waals surface area contributed by atoms with Gasteiger partial charge in [-0.3, -0.25) is 0 Å². The highest BCUT2D eigenvalue weighted by Gasteiger charge is 2.13. The minimum atomic E-state index is 0. The predicted molar refractivity (Wildman–Crippen MR) is 134 cm³/mol. The van der Waals surface area contributed by atoms with Gasteiger partial charge in [0.1, 0.15) is 12.4 Å². The number of nitrogens with one attached hydrogen (secondary N) is 2. The number of benzene rings is 1. The van der Waals surface area contributed by atoms with E-state index in [0.29, 0.717) is 19.1 Å². The van der Waals surface area contributed by atoms with Gasteiger partial charge < -0.3 is 25.0 Å². The molecule has 1 unspecified atom stereocenters. The maximum atomic E-state index is 5.94. The molecule has 1 rings (SSSR count). The van der Waals surface area contributed by atoms with E-state index in [1.807, 2.05) is 39.2 Å². The van der Waals surface area contributed by atoms with Gasteiger partial charge in [0.15, 0.2) is 5.96 Å². The van der Waals surface area contributed by atoms with Gasteiger partial charge >= 0.3 is 0 Å². The van der Waals surface area contributed by atoms with Gasteiger partial charge in [-0.15, -0.1) is 24.0 Å². The lowest BCUT2D eigenvalue weighted by Crippen LogP contribution is -2.39. The number of para-hydroxylation sites is 1. The summed E-state index contributed by atoms with van der Waals surface area (Å²) in [6, 6.07) is 8.11. The summed E-state index contributed by atoms with van der Waals surface area (Å²) in [6.45, 7) is 13.1. The van der Waals surface area contributed by atoms with E-state index in [9.17, 15) is 0 Å². The van der Waals surface area contributed by atoms with Crippen LogP contribution in [0.15, 0.2) is 29.3 Å². The highest BCUT2D eigenvalue weighted by atomic mass is 127. The Morgan fingerprint density at radius 1 is 1.14 bits per heavy atom. The molecule has 0 saturated heterocycles. The highest BCUT2D eigenvalue weighted by molar-refractivity contribution is 14.0. The van der Waals surface area contributed by atoms with E-state index >= 15 is 0 Å². The van der Waals surface area contributed by atoms with Crippen LogP contribution in [0.5, 0.6) is 5.75 Å². The van der Waals surface area contributed by atoms with Crippen molar-refractivity contribution in [1.82, 2.24) is 15.5 Å². The Morgan fingerprint density at radius 3 is 2.48 bits per heavy atom. The third-order valence-corrected chi connectivity index (χ3v) is 4.37. The second-order valence-corrected chi connectivity index (χ2v) is 7.41. The van der Waals surface area contributed by atoms with Gasteiger partial charge in [0.25, 0.3) is 0 Å². The summed E-state index contributed by atoms with van der Waals surface area (Å²) in [4.78, 5) is 6.85. The maximum Gasteiger partial charge on any atom is 0.191 e. The van der Waals surface area contributed by atoms with Crippen molar-refractivity contribution >= 4 is 29.9 Å². The van der Waals surface area contributed by atoms with Crippen molar-refractivity contribution in [2.75, 3.05) is 46.9 Å². The molecule has 1 atom stereocenters. The zero-order chi connectivity index (χ0) is 20.8. The van der Waals surface area contributed by atoms with Gasteiger partial charge in [0.2, 0.25) is 0 Å². The van der Waals surface area contributed by atoms with Crippen LogP contribution in [0.25, 0.3) is 0 Å². The topological polar surface area (TPSA) is 58.1 Å². The van der Waals surface area contributed by atoms with E-state index in [-0.39, 0.29) is 30.1 Å². The Balaban J connectivity index is 0.00000784. The standard InChI is InChI=1S/C22H40N4O2.HI/c1-7-23-22(24-14-13-20(18(3)4)27-8-2)25-17-19-11-9-10-12-21(19)28-16-15-26(5)6;/h9-12,18,20H,7-8,13-17H2,1-6H3,(H2,23,24,25);1H. The number of hydrogen-bond acceptors (Lipinski definition) is 4. The van der Waals surface area contributed by atoms with Crippen molar-refractivity contribution in [2.24, 2.45) is 10.9 Å². The first-order chi connectivity index (χ1) is 13.5. The summed E-state index contributed by atoms with van der Waals surface area (Å²) >= 11 is 0. The van der Waals surface area contributed by atoms with Crippen molar-refractivity contribution in [2.45, 2.75) is 46.8 Å². The summed E-state index contributed by atoms with van der Waals surface area (Å²) in [5.41, 5.74) is 1.09. The fourth-order valence-corrected chi connectivity index (χ4v) is 2.78. The summed E-state index contributed by atoms with van der Waals surface area (Å²) < 4.78 is 11.8. The van der Waals surface area contributed by atoms with Crippen LogP contribution >= 0.6 is 24.0 Å². The number of rotatable bonds is 13. The van der Waals surface area contributed by atoms with Crippen LogP contribution in [0.4, 0.5) is 0 Å². The van der Waals surface area contributed by atoms with Crippen molar-refractivity contribution in [3.8, 4) is 5.75 Å².